The molecule has 0 amide bonds. The molecule has 1 N–H and O–H groups in total. The molecule has 0 fully saturated rings. The molecule has 0 saturated carbocycles. The molecule has 1 atom stereocenters. The summed E-state index contributed by atoms with van der Waals surface area (Å²) >= 11 is 6.27. The monoisotopic (exact) mass is 538 g/mol. The van der Waals surface area contributed by atoms with Crippen molar-refractivity contribution in [3.8, 4) is 22.5 Å². The SMILES string of the molecule is Cc1cc(C(C)Nc2ccc(Cl)nc2-c2cnn(C)c2)c2c(c1)c(=O)n(C)c1c(-c3cccnc3C)ncn21. The number of benzene rings is 1. The Morgan fingerprint density at radius 3 is 2.62 bits per heavy atom. The Bertz CT molecular complexity index is 1950. The highest BCUT2D eigenvalue weighted by Gasteiger charge is 2.22. The van der Waals surface area contributed by atoms with Crippen molar-refractivity contribution in [3.05, 3.63) is 93.6 Å². The predicted octanol–water partition coefficient (Wildman–Crippen LogP) is 5.49. The largest absolute Gasteiger partial charge is 0.377 e. The Balaban J connectivity index is 1.56. The molecule has 9 nitrogen and oxygen atoms in total. The number of anilines is 1. The molecule has 0 bridgehead atoms. The normalized spacial score (nSPS) is 12.4. The summed E-state index contributed by atoms with van der Waals surface area (Å²) < 4.78 is 5.40. The number of fused-ring (bicyclic) bond motifs is 3. The number of hydrogen-bond donors (Lipinski definition) is 1. The minimum atomic E-state index is -0.188. The molecule has 0 aliphatic rings. The number of nitrogens with one attached hydrogen (secondary N) is 1. The summed E-state index contributed by atoms with van der Waals surface area (Å²) in [5.74, 6) is 0. The third-order valence-electron chi connectivity index (χ3n) is 7.06. The Labute approximate surface area is 229 Å². The summed E-state index contributed by atoms with van der Waals surface area (Å²) in [4.78, 5) is 27.5. The first-order valence-corrected chi connectivity index (χ1v) is 12.9. The predicted molar refractivity (Wildman–Crippen MR) is 154 cm³/mol. The van der Waals surface area contributed by atoms with Crippen molar-refractivity contribution < 1.29 is 0 Å². The topological polar surface area (TPSA) is 94.9 Å². The van der Waals surface area contributed by atoms with Gasteiger partial charge in [-0.25, -0.2) is 9.97 Å². The molecule has 39 heavy (non-hydrogen) atoms. The van der Waals surface area contributed by atoms with Crippen molar-refractivity contribution in [3.63, 3.8) is 0 Å². The van der Waals surface area contributed by atoms with E-state index in [1.54, 1.807) is 41.1 Å². The molecule has 5 aromatic heterocycles. The fourth-order valence-corrected chi connectivity index (χ4v) is 5.37. The molecule has 1 unspecified atom stereocenters. The van der Waals surface area contributed by atoms with Crippen LogP contribution in [0.1, 0.15) is 29.8 Å². The van der Waals surface area contributed by atoms with Crippen molar-refractivity contribution in [1.82, 2.24) is 33.7 Å². The van der Waals surface area contributed by atoms with Crippen LogP contribution in [0.25, 0.3) is 39.1 Å². The molecule has 0 spiro atoms. The fraction of sp³-hybridized carbons (Fsp3) is 0.207. The van der Waals surface area contributed by atoms with Crippen molar-refractivity contribution in [2.75, 3.05) is 5.32 Å². The Hall–Kier alpha value is -4.50. The van der Waals surface area contributed by atoms with E-state index in [-0.39, 0.29) is 11.6 Å². The molecule has 0 radical (unpaired) electrons. The summed E-state index contributed by atoms with van der Waals surface area (Å²) in [7, 11) is 3.65. The van der Waals surface area contributed by atoms with E-state index < -0.39 is 0 Å². The Morgan fingerprint density at radius 2 is 1.87 bits per heavy atom. The third kappa shape index (κ3) is 4.15. The number of halogens is 1. The second kappa shape index (κ2) is 9.36. The van der Waals surface area contributed by atoms with Crippen LogP contribution in [0.5, 0.6) is 0 Å². The zero-order valence-electron chi connectivity index (χ0n) is 22.3. The minimum Gasteiger partial charge on any atom is -0.377 e. The molecular formula is C29H27ClN8O. The zero-order chi connectivity index (χ0) is 27.4. The van der Waals surface area contributed by atoms with Gasteiger partial charge in [0, 0.05) is 43.3 Å². The lowest BCUT2D eigenvalue weighted by Crippen LogP contribution is -2.21. The van der Waals surface area contributed by atoms with Crippen LogP contribution in [-0.4, -0.2) is 33.7 Å². The lowest BCUT2D eigenvalue weighted by atomic mass is 10.00. The number of pyridine rings is 2. The van der Waals surface area contributed by atoms with Crippen LogP contribution < -0.4 is 10.9 Å². The van der Waals surface area contributed by atoms with Gasteiger partial charge in [-0.2, -0.15) is 5.10 Å². The Morgan fingerprint density at radius 1 is 1.05 bits per heavy atom. The number of aromatic nitrogens is 7. The molecule has 0 saturated heterocycles. The van der Waals surface area contributed by atoms with E-state index in [1.165, 1.54) is 0 Å². The molecule has 5 heterocycles. The van der Waals surface area contributed by atoms with Crippen molar-refractivity contribution >= 4 is 33.8 Å². The molecular weight excluding hydrogens is 512 g/mol. The average Bonchev–Trinajstić information content (AvgIpc) is 3.55. The highest BCUT2D eigenvalue weighted by molar-refractivity contribution is 6.29. The molecule has 10 heteroatoms. The first-order chi connectivity index (χ1) is 18.7. The number of nitrogens with zero attached hydrogens (tertiary/aromatic N) is 7. The van der Waals surface area contributed by atoms with E-state index in [9.17, 15) is 4.79 Å². The van der Waals surface area contributed by atoms with Gasteiger partial charge in [0.15, 0.2) is 0 Å². The summed E-state index contributed by atoms with van der Waals surface area (Å²) in [6, 6.07) is 11.4. The maximum atomic E-state index is 13.7. The first kappa shape index (κ1) is 24.8. The van der Waals surface area contributed by atoms with Crippen LogP contribution >= 0.6 is 11.6 Å². The van der Waals surface area contributed by atoms with Crippen LogP contribution in [-0.2, 0) is 14.1 Å². The van der Waals surface area contributed by atoms with E-state index in [2.05, 4.69) is 33.4 Å². The summed E-state index contributed by atoms with van der Waals surface area (Å²) in [6.07, 6.45) is 7.20. The second-order valence-corrected chi connectivity index (χ2v) is 10.2. The van der Waals surface area contributed by atoms with Crippen LogP contribution in [0.2, 0.25) is 5.15 Å². The van der Waals surface area contributed by atoms with Gasteiger partial charge in [0.25, 0.3) is 5.56 Å². The standard InChI is InChI=1S/C29H27ClN8O/c1-16-11-21(18(3)34-23-8-9-24(30)35-25(23)19-13-33-36(4)14-19)27-22(12-16)29(39)37(5)28-26(32-15-38(27)28)20-7-6-10-31-17(20)2/h6-15,18,34H,1-5H3. The number of imidazole rings is 1. The number of hydrogen-bond acceptors (Lipinski definition) is 6. The Kier molecular flexibility index (Phi) is 5.95. The molecule has 6 aromatic rings. The summed E-state index contributed by atoms with van der Waals surface area (Å²) in [5, 5.41) is 8.94. The maximum Gasteiger partial charge on any atom is 0.261 e. The number of aryl methyl sites for hydroxylation is 4. The van der Waals surface area contributed by atoms with Gasteiger partial charge in [0.05, 0.1) is 34.5 Å². The van der Waals surface area contributed by atoms with Gasteiger partial charge in [-0.3, -0.25) is 23.4 Å². The quantitative estimate of drug-likeness (QED) is 0.292. The van der Waals surface area contributed by atoms with Crippen LogP contribution in [0.15, 0.2) is 66.1 Å². The van der Waals surface area contributed by atoms with Gasteiger partial charge in [0.1, 0.15) is 22.8 Å². The van der Waals surface area contributed by atoms with E-state index >= 15 is 0 Å². The molecule has 196 valence electrons. The smallest absolute Gasteiger partial charge is 0.261 e. The highest BCUT2D eigenvalue weighted by atomic mass is 35.5. The zero-order valence-corrected chi connectivity index (χ0v) is 23.0. The maximum absolute atomic E-state index is 13.7. The molecule has 1 aromatic carbocycles. The first-order valence-electron chi connectivity index (χ1n) is 12.6. The van der Waals surface area contributed by atoms with Gasteiger partial charge < -0.3 is 5.32 Å². The minimum absolute atomic E-state index is 0.0813. The third-order valence-corrected chi connectivity index (χ3v) is 7.27. The number of rotatable bonds is 5. The summed E-state index contributed by atoms with van der Waals surface area (Å²) in [6.45, 7) is 6.02. The van der Waals surface area contributed by atoms with E-state index in [1.807, 2.05) is 55.8 Å². The van der Waals surface area contributed by atoms with Gasteiger partial charge >= 0.3 is 0 Å². The van der Waals surface area contributed by atoms with E-state index in [0.29, 0.717) is 21.9 Å². The van der Waals surface area contributed by atoms with E-state index in [0.717, 1.165) is 44.8 Å². The fourth-order valence-electron chi connectivity index (χ4n) is 5.22. The van der Waals surface area contributed by atoms with Crippen molar-refractivity contribution in [2.45, 2.75) is 26.8 Å². The van der Waals surface area contributed by atoms with Crippen molar-refractivity contribution in [2.24, 2.45) is 14.1 Å². The molecule has 0 aliphatic carbocycles. The van der Waals surface area contributed by atoms with Crippen LogP contribution in [0, 0.1) is 13.8 Å². The van der Waals surface area contributed by atoms with E-state index in [4.69, 9.17) is 16.6 Å². The summed E-state index contributed by atoms with van der Waals surface area (Å²) in [5.41, 5.74) is 8.23. The van der Waals surface area contributed by atoms with Crippen molar-refractivity contribution in [1.29, 1.82) is 0 Å². The average molecular weight is 539 g/mol. The van der Waals surface area contributed by atoms with Gasteiger partial charge in [-0.05, 0) is 62.2 Å². The van der Waals surface area contributed by atoms with Crippen LogP contribution in [0.3, 0.4) is 0 Å². The molecule has 0 aliphatic heterocycles. The lowest BCUT2D eigenvalue weighted by molar-refractivity contribution is 0.768. The van der Waals surface area contributed by atoms with Gasteiger partial charge in [-0.1, -0.05) is 17.7 Å². The van der Waals surface area contributed by atoms with Crippen LogP contribution in [0.4, 0.5) is 5.69 Å². The van der Waals surface area contributed by atoms with Gasteiger partial charge in [0.2, 0.25) is 0 Å². The molecule has 6 rings (SSSR count). The van der Waals surface area contributed by atoms with Gasteiger partial charge in [-0.15, -0.1) is 0 Å². The highest BCUT2D eigenvalue weighted by Crippen LogP contribution is 2.34. The second-order valence-electron chi connectivity index (χ2n) is 9.84. The lowest BCUT2D eigenvalue weighted by Gasteiger charge is -2.21.